The first kappa shape index (κ1) is 17.3. The minimum absolute atomic E-state index is 0.139. The van der Waals surface area contributed by atoms with Crippen molar-refractivity contribution in [2.24, 2.45) is 0 Å². The zero-order valence-corrected chi connectivity index (χ0v) is 13.8. The number of hydrogen-bond acceptors (Lipinski definition) is 2. The summed E-state index contributed by atoms with van der Waals surface area (Å²) in [5.41, 5.74) is 2.25. The van der Waals surface area contributed by atoms with Crippen LogP contribution in [0.2, 0.25) is 0 Å². The molecule has 0 aliphatic carbocycles. The summed E-state index contributed by atoms with van der Waals surface area (Å²) in [7, 11) is 0. The Morgan fingerprint density at radius 1 is 0.870 bits per heavy atom. The molecule has 2 amide bonds. The summed E-state index contributed by atoms with van der Waals surface area (Å²) in [5.74, 6) is -0.883. The average Bonchev–Trinajstić information content (AvgIpc) is 2.60. The summed E-state index contributed by atoms with van der Waals surface area (Å²) in [5, 5.41) is 5.62. The third kappa shape index (κ3) is 4.71. The van der Waals surface area contributed by atoms with Crippen LogP contribution in [0.3, 0.4) is 0 Å². The molecule has 2 rings (SSSR count). The van der Waals surface area contributed by atoms with Crippen LogP contribution < -0.4 is 10.6 Å². The van der Waals surface area contributed by atoms with E-state index in [1.807, 2.05) is 42.5 Å². The Morgan fingerprint density at radius 3 is 2.13 bits per heavy atom. The van der Waals surface area contributed by atoms with Gasteiger partial charge in [0.15, 0.2) is 0 Å². The average molecular weight is 351 g/mol. The van der Waals surface area contributed by atoms with E-state index >= 15 is 0 Å². The van der Waals surface area contributed by atoms with Crippen molar-refractivity contribution in [3.63, 3.8) is 0 Å². The molecular formula is C17H16Cl2N2O2. The van der Waals surface area contributed by atoms with E-state index in [2.05, 4.69) is 10.6 Å². The van der Waals surface area contributed by atoms with Crippen LogP contribution in [0.15, 0.2) is 54.6 Å². The fraction of sp³-hybridized carbons (Fsp3) is 0.176. The van der Waals surface area contributed by atoms with E-state index in [0.29, 0.717) is 5.69 Å². The lowest BCUT2D eigenvalue weighted by atomic mass is 9.97. The number of halogens is 2. The van der Waals surface area contributed by atoms with Crippen LogP contribution in [0, 0.1) is 0 Å². The third-order valence-electron chi connectivity index (χ3n) is 3.23. The Kier molecular flexibility index (Phi) is 6.44. The van der Waals surface area contributed by atoms with Crippen molar-refractivity contribution in [3.8, 4) is 0 Å². The van der Waals surface area contributed by atoms with Crippen LogP contribution in [0.4, 0.5) is 5.69 Å². The van der Waals surface area contributed by atoms with Crippen LogP contribution in [0.5, 0.6) is 0 Å². The molecule has 4 nitrogen and oxygen atoms in total. The molecule has 6 heteroatoms. The summed E-state index contributed by atoms with van der Waals surface area (Å²) < 4.78 is 0. The fourth-order valence-electron chi connectivity index (χ4n) is 2.23. The maximum Gasteiger partial charge on any atom is 0.239 e. The molecule has 2 aromatic carbocycles. The van der Waals surface area contributed by atoms with Crippen molar-refractivity contribution >= 4 is 40.7 Å². The lowest BCUT2D eigenvalue weighted by Gasteiger charge is -2.22. The lowest BCUT2D eigenvalue weighted by molar-refractivity contribution is -0.119. The van der Waals surface area contributed by atoms with Gasteiger partial charge in [0.25, 0.3) is 0 Å². The maximum absolute atomic E-state index is 11.8. The van der Waals surface area contributed by atoms with Crippen LogP contribution in [0.1, 0.15) is 17.2 Å². The molecule has 0 spiro atoms. The van der Waals surface area contributed by atoms with Crippen molar-refractivity contribution in [2.75, 3.05) is 17.1 Å². The SMILES string of the molecule is O=C(CCl)Nc1ccccc1C(NC(=O)CCl)c1ccccc1. The fourth-order valence-corrected chi connectivity index (χ4v) is 2.38. The van der Waals surface area contributed by atoms with Gasteiger partial charge in [-0.15, -0.1) is 23.2 Å². The van der Waals surface area contributed by atoms with Gasteiger partial charge >= 0.3 is 0 Å². The summed E-state index contributed by atoms with van der Waals surface area (Å²) in [6.07, 6.45) is 0. The van der Waals surface area contributed by atoms with Crippen molar-refractivity contribution in [3.05, 3.63) is 65.7 Å². The molecule has 0 radical (unpaired) electrons. The minimum Gasteiger partial charge on any atom is -0.344 e. The van der Waals surface area contributed by atoms with Crippen molar-refractivity contribution < 1.29 is 9.59 Å². The number of carbonyl (C=O) groups excluding carboxylic acids is 2. The first-order valence-corrected chi connectivity index (χ1v) is 8.07. The van der Waals surface area contributed by atoms with Crippen LogP contribution in [-0.2, 0) is 9.59 Å². The third-order valence-corrected chi connectivity index (χ3v) is 3.71. The predicted molar refractivity (Wildman–Crippen MR) is 92.9 cm³/mol. The number of amides is 2. The Balaban J connectivity index is 2.43. The monoisotopic (exact) mass is 350 g/mol. The number of benzene rings is 2. The normalized spacial score (nSPS) is 11.6. The predicted octanol–water partition coefficient (Wildman–Crippen LogP) is 3.31. The van der Waals surface area contributed by atoms with E-state index < -0.39 is 6.04 Å². The molecule has 0 fully saturated rings. The van der Waals surface area contributed by atoms with Gasteiger partial charge in [-0.05, 0) is 11.6 Å². The highest BCUT2D eigenvalue weighted by molar-refractivity contribution is 6.29. The molecule has 0 aliphatic rings. The Labute approximate surface area is 144 Å². The Hall–Kier alpha value is -2.04. The molecule has 2 N–H and O–H groups in total. The van der Waals surface area contributed by atoms with Gasteiger partial charge in [0.05, 0.1) is 6.04 Å². The second kappa shape index (κ2) is 8.56. The Morgan fingerprint density at radius 2 is 1.48 bits per heavy atom. The number of rotatable bonds is 6. The molecule has 0 saturated carbocycles. The highest BCUT2D eigenvalue weighted by Crippen LogP contribution is 2.28. The van der Waals surface area contributed by atoms with Gasteiger partial charge in [-0.3, -0.25) is 9.59 Å². The van der Waals surface area contributed by atoms with Gasteiger partial charge in [-0.25, -0.2) is 0 Å². The summed E-state index contributed by atoms with van der Waals surface area (Å²) in [4.78, 5) is 23.4. The van der Waals surface area contributed by atoms with Crippen LogP contribution in [-0.4, -0.2) is 23.6 Å². The van der Waals surface area contributed by atoms with Crippen LogP contribution in [0.25, 0.3) is 0 Å². The number of anilines is 1. The molecule has 23 heavy (non-hydrogen) atoms. The van der Waals surface area contributed by atoms with Gasteiger partial charge in [0.1, 0.15) is 11.8 Å². The number of alkyl halides is 2. The van der Waals surface area contributed by atoms with Gasteiger partial charge in [-0.1, -0.05) is 48.5 Å². The quantitative estimate of drug-likeness (QED) is 0.785. The number of carbonyl (C=O) groups is 2. The zero-order valence-electron chi connectivity index (χ0n) is 12.3. The molecule has 1 atom stereocenters. The van der Waals surface area contributed by atoms with Gasteiger partial charge in [0.2, 0.25) is 11.8 Å². The molecule has 1 unspecified atom stereocenters. The van der Waals surface area contributed by atoms with E-state index in [1.54, 1.807) is 12.1 Å². The molecule has 0 bridgehead atoms. The van der Waals surface area contributed by atoms with E-state index in [1.165, 1.54) is 0 Å². The topological polar surface area (TPSA) is 58.2 Å². The zero-order chi connectivity index (χ0) is 16.7. The molecule has 0 aromatic heterocycles. The van der Waals surface area contributed by atoms with Gasteiger partial charge in [0, 0.05) is 11.3 Å². The highest BCUT2D eigenvalue weighted by atomic mass is 35.5. The van der Waals surface area contributed by atoms with E-state index in [-0.39, 0.29) is 23.6 Å². The molecular weight excluding hydrogens is 335 g/mol. The molecule has 0 aliphatic heterocycles. The van der Waals surface area contributed by atoms with E-state index in [0.717, 1.165) is 11.1 Å². The number of para-hydroxylation sites is 1. The summed E-state index contributed by atoms with van der Waals surface area (Å²) in [6, 6.07) is 16.3. The van der Waals surface area contributed by atoms with Gasteiger partial charge in [-0.2, -0.15) is 0 Å². The second-order valence-corrected chi connectivity index (χ2v) is 5.35. The minimum atomic E-state index is -0.422. The van der Waals surface area contributed by atoms with Crippen molar-refractivity contribution in [1.29, 1.82) is 0 Å². The van der Waals surface area contributed by atoms with Gasteiger partial charge < -0.3 is 10.6 Å². The lowest BCUT2D eigenvalue weighted by Crippen LogP contribution is -2.31. The molecule has 120 valence electrons. The maximum atomic E-state index is 11.8. The summed E-state index contributed by atoms with van der Waals surface area (Å²) in [6.45, 7) is 0. The van der Waals surface area contributed by atoms with Crippen molar-refractivity contribution in [2.45, 2.75) is 6.04 Å². The highest BCUT2D eigenvalue weighted by Gasteiger charge is 2.20. The first-order chi connectivity index (χ1) is 11.2. The largest absolute Gasteiger partial charge is 0.344 e. The van der Waals surface area contributed by atoms with E-state index in [4.69, 9.17) is 23.2 Å². The Bertz CT molecular complexity index is 677. The number of nitrogens with one attached hydrogen (secondary N) is 2. The molecule has 2 aromatic rings. The van der Waals surface area contributed by atoms with Crippen LogP contribution >= 0.6 is 23.2 Å². The first-order valence-electron chi connectivity index (χ1n) is 7.00. The van der Waals surface area contributed by atoms with E-state index in [9.17, 15) is 9.59 Å². The second-order valence-electron chi connectivity index (χ2n) is 4.81. The molecule has 0 heterocycles. The molecule has 0 saturated heterocycles. The smallest absolute Gasteiger partial charge is 0.239 e. The number of hydrogen-bond donors (Lipinski definition) is 2. The van der Waals surface area contributed by atoms with Crippen molar-refractivity contribution in [1.82, 2.24) is 5.32 Å². The standard InChI is InChI=1S/C17H16Cl2N2O2/c18-10-15(22)20-14-9-5-4-8-13(14)17(21-16(23)11-19)12-6-2-1-3-7-12/h1-9,17H,10-11H2,(H,20,22)(H,21,23). The summed E-state index contributed by atoms with van der Waals surface area (Å²) >= 11 is 11.2.